The quantitative estimate of drug-likeness (QED) is 0.763. The third-order valence-corrected chi connectivity index (χ3v) is 3.10. The highest BCUT2D eigenvalue weighted by molar-refractivity contribution is 6.08. The van der Waals surface area contributed by atoms with Crippen LogP contribution in [-0.2, 0) is 7.05 Å². The van der Waals surface area contributed by atoms with Crippen LogP contribution in [0.4, 0.5) is 0 Å². The molecule has 0 atom stereocenters. The standard InChI is InChI=1S/C15H12N2O2/c1-17-9-12-13(16-17)8-7-11(14(12)15(18)19)10-5-3-2-4-6-10/h2-9H,1H3,(H,18,19). The average molecular weight is 252 g/mol. The molecule has 19 heavy (non-hydrogen) atoms. The van der Waals surface area contributed by atoms with Crippen LogP contribution in [0.5, 0.6) is 0 Å². The molecular weight excluding hydrogens is 240 g/mol. The Balaban J connectivity index is 2.36. The number of benzene rings is 2. The fourth-order valence-corrected chi connectivity index (χ4v) is 2.30. The summed E-state index contributed by atoms with van der Waals surface area (Å²) in [5, 5.41) is 14.4. The van der Waals surface area contributed by atoms with Gasteiger partial charge in [0.2, 0.25) is 0 Å². The highest BCUT2D eigenvalue weighted by atomic mass is 16.4. The first kappa shape index (κ1) is 11.5. The van der Waals surface area contributed by atoms with Gasteiger partial charge in [-0.05, 0) is 17.2 Å². The van der Waals surface area contributed by atoms with Gasteiger partial charge < -0.3 is 5.11 Å². The lowest BCUT2D eigenvalue weighted by atomic mass is 9.97. The molecule has 1 aromatic heterocycles. The molecule has 0 aliphatic heterocycles. The van der Waals surface area contributed by atoms with Crippen LogP contribution in [0.2, 0.25) is 0 Å². The van der Waals surface area contributed by atoms with E-state index in [1.165, 1.54) is 0 Å². The van der Waals surface area contributed by atoms with Gasteiger partial charge in [-0.15, -0.1) is 0 Å². The molecule has 3 rings (SSSR count). The van der Waals surface area contributed by atoms with E-state index >= 15 is 0 Å². The van der Waals surface area contributed by atoms with Crippen molar-refractivity contribution in [2.45, 2.75) is 0 Å². The highest BCUT2D eigenvalue weighted by Gasteiger charge is 2.17. The van der Waals surface area contributed by atoms with Crippen LogP contribution in [0.15, 0.2) is 48.7 Å². The van der Waals surface area contributed by atoms with E-state index in [4.69, 9.17) is 0 Å². The highest BCUT2D eigenvalue weighted by Crippen LogP contribution is 2.29. The summed E-state index contributed by atoms with van der Waals surface area (Å²) >= 11 is 0. The van der Waals surface area contributed by atoms with Crippen molar-refractivity contribution in [3.63, 3.8) is 0 Å². The maximum absolute atomic E-state index is 11.6. The minimum absolute atomic E-state index is 0.303. The molecule has 0 fully saturated rings. The van der Waals surface area contributed by atoms with E-state index in [0.717, 1.165) is 5.56 Å². The van der Waals surface area contributed by atoms with Crippen molar-refractivity contribution in [3.05, 3.63) is 54.2 Å². The van der Waals surface area contributed by atoms with E-state index in [-0.39, 0.29) is 0 Å². The molecule has 0 saturated carbocycles. The molecular formula is C15H12N2O2. The van der Waals surface area contributed by atoms with Crippen LogP contribution >= 0.6 is 0 Å². The van der Waals surface area contributed by atoms with E-state index in [2.05, 4.69) is 5.10 Å². The summed E-state index contributed by atoms with van der Waals surface area (Å²) in [6.07, 6.45) is 1.74. The number of aryl methyl sites for hydroxylation is 1. The zero-order chi connectivity index (χ0) is 13.4. The Kier molecular flexibility index (Phi) is 2.56. The fourth-order valence-electron chi connectivity index (χ4n) is 2.30. The maximum Gasteiger partial charge on any atom is 0.337 e. The maximum atomic E-state index is 11.6. The smallest absolute Gasteiger partial charge is 0.337 e. The van der Waals surface area contributed by atoms with Gasteiger partial charge >= 0.3 is 5.97 Å². The number of carboxylic acids is 1. The number of fused-ring (bicyclic) bond motifs is 1. The second kappa shape index (κ2) is 4.24. The van der Waals surface area contributed by atoms with Crippen molar-refractivity contribution in [2.24, 2.45) is 7.05 Å². The van der Waals surface area contributed by atoms with Crippen molar-refractivity contribution in [1.82, 2.24) is 9.78 Å². The Labute approximate surface area is 109 Å². The molecule has 0 radical (unpaired) electrons. The van der Waals surface area contributed by atoms with Crippen LogP contribution in [0.3, 0.4) is 0 Å². The number of rotatable bonds is 2. The second-order valence-corrected chi connectivity index (χ2v) is 4.39. The number of aromatic carboxylic acids is 1. The van der Waals surface area contributed by atoms with Gasteiger partial charge in [0.15, 0.2) is 0 Å². The van der Waals surface area contributed by atoms with Gasteiger partial charge in [-0.1, -0.05) is 36.4 Å². The molecule has 0 amide bonds. The molecule has 4 nitrogen and oxygen atoms in total. The van der Waals surface area contributed by atoms with Crippen LogP contribution in [0.25, 0.3) is 22.0 Å². The minimum Gasteiger partial charge on any atom is -0.478 e. The predicted octanol–water partition coefficient (Wildman–Crippen LogP) is 2.94. The van der Waals surface area contributed by atoms with Gasteiger partial charge in [-0.3, -0.25) is 4.68 Å². The van der Waals surface area contributed by atoms with Crippen LogP contribution in [0, 0.1) is 0 Å². The number of aromatic nitrogens is 2. The number of nitrogens with zero attached hydrogens (tertiary/aromatic N) is 2. The molecule has 0 bridgehead atoms. The van der Waals surface area contributed by atoms with Crippen molar-refractivity contribution >= 4 is 16.9 Å². The molecule has 3 aromatic rings. The zero-order valence-electron chi connectivity index (χ0n) is 10.4. The van der Waals surface area contributed by atoms with E-state index in [0.29, 0.717) is 22.0 Å². The molecule has 2 aromatic carbocycles. The number of hydrogen-bond donors (Lipinski definition) is 1. The third kappa shape index (κ3) is 1.87. The van der Waals surface area contributed by atoms with Crippen LogP contribution in [0.1, 0.15) is 10.4 Å². The van der Waals surface area contributed by atoms with Gasteiger partial charge in [0.05, 0.1) is 11.1 Å². The van der Waals surface area contributed by atoms with E-state index < -0.39 is 5.97 Å². The summed E-state index contributed by atoms with van der Waals surface area (Å²) in [6.45, 7) is 0. The van der Waals surface area contributed by atoms with E-state index in [1.54, 1.807) is 17.9 Å². The number of carboxylic acid groups (broad SMARTS) is 1. The van der Waals surface area contributed by atoms with Gasteiger partial charge in [-0.2, -0.15) is 5.10 Å². The van der Waals surface area contributed by atoms with Gasteiger partial charge in [0.1, 0.15) is 0 Å². The fraction of sp³-hybridized carbons (Fsp3) is 0.0667. The van der Waals surface area contributed by atoms with E-state index in [9.17, 15) is 9.90 Å². The molecule has 0 aliphatic carbocycles. The number of hydrogen-bond acceptors (Lipinski definition) is 2. The minimum atomic E-state index is -0.933. The summed E-state index contributed by atoms with van der Waals surface area (Å²) < 4.78 is 1.63. The second-order valence-electron chi connectivity index (χ2n) is 4.39. The first-order chi connectivity index (χ1) is 9.16. The summed E-state index contributed by atoms with van der Waals surface area (Å²) in [5.41, 5.74) is 2.61. The number of carbonyl (C=O) groups is 1. The summed E-state index contributed by atoms with van der Waals surface area (Å²) in [7, 11) is 1.79. The normalized spacial score (nSPS) is 10.8. The average Bonchev–Trinajstić information content (AvgIpc) is 2.78. The third-order valence-electron chi connectivity index (χ3n) is 3.10. The van der Waals surface area contributed by atoms with Crippen molar-refractivity contribution in [1.29, 1.82) is 0 Å². The zero-order valence-corrected chi connectivity index (χ0v) is 10.4. The summed E-state index contributed by atoms with van der Waals surface area (Å²) in [4.78, 5) is 11.6. The summed E-state index contributed by atoms with van der Waals surface area (Å²) in [6, 6.07) is 13.2. The predicted molar refractivity (Wildman–Crippen MR) is 73.1 cm³/mol. The molecule has 4 heteroatoms. The topological polar surface area (TPSA) is 55.1 Å². The molecule has 0 spiro atoms. The van der Waals surface area contributed by atoms with Crippen molar-refractivity contribution in [2.75, 3.05) is 0 Å². The SMILES string of the molecule is Cn1cc2c(C(=O)O)c(-c3ccccc3)ccc2n1. The summed E-state index contributed by atoms with van der Waals surface area (Å²) in [5.74, 6) is -0.933. The Hall–Kier alpha value is -2.62. The Bertz CT molecular complexity index is 760. The monoisotopic (exact) mass is 252 g/mol. The lowest BCUT2D eigenvalue weighted by molar-refractivity contribution is 0.0700. The molecule has 0 unspecified atom stereocenters. The van der Waals surface area contributed by atoms with Crippen molar-refractivity contribution < 1.29 is 9.90 Å². The first-order valence-electron chi connectivity index (χ1n) is 5.92. The lowest BCUT2D eigenvalue weighted by Gasteiger charge is -2.07. The van der Waals surface area contributed by atoms with Crippen LogP contribution in [-0.4, -0.2) is 20.9 Å². The van der Waals surface area contributed by atoms with Crippen LogP contribution < -0.4 is 0 Å². The van der Waals surface area contributed by atoms with Gasteiger partial charge in [0.25, 0.3) is 0 Å². The van der Waals surface area contributed by atoms with E-state index in [1.807, 2.05) is 42.5 Å². The van der Waals surface area contributed by atoms with Crippen molar-refractivity contribution in [3.8, 4) is 11.1 Å². The molecule has 0 saturated heterocycles. The largest absolute Gasteiger partial charge is 0.478 e. The lowest BCUT2D eigenvalue weighted by Crippen LogP contribution is -2.00. The first-order valence-corrected chi connectivity index (χ1v) is 5.92. The van der Waals surface area contributed by atoms with Gasteiger partial charge in [0, 0.05) is 18.6 Å². The molecule has 1 N–H and O–H groups in total. The Morgan fingerprint density at radius 2 is 1.89 bits per heavy atom. The molecule has 1 heterocycles. The van der Waals surface area contributed by atoms with Gasteiger partial charge in [-0.25, -0.2) is 4.79 Å². The molecule has 0 aliphatic rings. The Morgan fingerprint density at radius 1 is 1.16 bits per heavy atom. The molecule has 94 valence electrons. The Morgan fingerprint density at radius 3 is 2.58 bits per heavy atom.